The summed E-state index contributed by atoms with van der Waals surface area (Å²) in [5.41, 5.74) is 3.53. The molecule has 0 aliphatic carbocycles. The Morgan fingerprint density at radius 3 is 2.52 bits per heavy atom. The van der Waals surface area contributed by atoms with Crippen LogP contribution in [0.2, 0.25) is 0 Å². The number of hydrogen-bond donors (Lipinski definition) is 1. The van der Waals surface area contributed by atoms with Crippen molar-refractivity contribution in [3.63, 3.8) is 0 Å². The molecule has 1 aromatic carbocycles. The fourth-order valence-corrected chi connectivity index (χ4v) is 3.19. The summed E-state index contributed by atoms with van der Waals surface area (Å²) in [6.45, 7) is 11.1. The quantitative estimate of drug-likeness (QED) is 0.351. The molecule has 4 aromatic heterocycles. The maximum Gasteiger partial charge on any atom is 0.255 e. The average molecular weight is 409 g/mol. The van der Waals surface area contributed by atoms with Crippen molar-refractivity contribution in [3.8, 4) is 17.3 Å². The third kappa shape index (κ3) is 3.03. The highest BCUT2D eigenvalue weighted by Gasteiger charge is 2.20. The van der Waals surface area contributed by atoms with Gasteiger partial charge in [-0.15, -0.1) is 20.4 Å². The Bertz CT molecular complexity index is 1450. The zero-order chi connectivity index (χ0) is 21.4. The Labute approximate surface area is 175 Å². The van der Waals surface area contributed by atoms with E-state index in [1.165, 1.54) is 4.68 Å². The minimum absolute atomic E-state index is 0.250. The molecule has 0 bridgehead atoms. The number of rotatable bonds is 4. The van der Waals surface area contributed by atoms with Crippen molar-refractivity contribution in [2.45, 2.75) is 13.8 Å². The molecule has 0 fully saturated rings. The molecule has 5 rings (SSSR count). The van der Waals surface area contributed by atoms with Gasteiger partial charge in [0.1, 0.15) is 0 Å². The van der Waals surface area contributed by atoms with Gasteiger partial charge in [-0.25, -0.2) is 19.3 Å². The van der Waals surface area contributed by atoms with E-state index in [0.717, 1.165) is 11.3 Å². The number of aromatic nitrogens is 8. The van der Waals surface area contributed by atoms with Crippen molar-refractivity contribution in [2.24, 2.45) is 10.2 Å². The Balaban J connectivity index is 1.62. The molecule has 0 amide bonds. The van der Waals surface area contributed by atoms with Crippen LogP contribution in [0.25, 0.3) is 27.8 Å². The summed E-state index contributed by atoms with van der Waals surface area (Å²) in [4.78, 5) is 12.0. The molecular weight excluding hydrogens is 394 g/mol. The first-order valence-electron chi connectivity index (χ1n) is 9.32. The van der Waals surface area contributed by atoms with Crippen molar-refractivity contribution in [1.29, 1.82) is 0 Å². The van der Waals surface area contributed by atoms with E-state index in [1.54, 1.807) is 29.9 Å². The van der Waals surface area contributed by atoms with Crippen molar-refractivity contribution >= 4 is 22.8 Å². The highest BCUT2D eigenvalue weighted by Crippen LogP contribution is 2.35. The second-order valence-corrected chi connectivity index (χ2v) is 6.66. The first kappa shape index (κ1) is 18.3. The standard InChI is InChI=1S/C20H15N11/c1-12-15(21-3)18(31(29-12)20-22-10-7-11-23-20)26-24-16-13(2)28-30-17(25-27-19(16)30)14-8-5-4-6-9-14/h4-11,28H,1-2H3. The monoisotopic (exact) mass is 409 g/mol. The SMILES string of the molecule is [C-]#[N+]c1c(C)nn(-c2ncccn2)c1N=Nc1c(C)[nH]n2c(-c3ccccc3)nnc12. The lowest BCUT2D eigenvalue weighted by atomic mass is 10.2. The fourth-order valence-electron chi connectivity index (χ4n) is 3.19. The molecule has 1 N–H and O–H groups in total. The molecule has 0 saturated carbocycles. The fraction of sp³-hybridized carbons (Fsp3) is 0.100. The number of aryl methyl sites for hydroxylation is 2. The highest BCUT2D eigenvalue weighted by molar-refractivity contribution is 5.71. The molecule has 0 aliphatic heterocycles. The molecule has 11 heteroatoms. The van der Waals surface area contributed by atoms with Gasteiger partial charge >= 0.3 is 0 Å². The minimum Gasteiger partial charge on any atom is -0.293 e. The zero-order valence-electron chi connectivity index (χ0n) is 16.6. The molecule has 5 aromatic rings. The first-order valence-corrected chi connectivity index (χ1v) is 9.32. The van der Waals surface area contributed by atoms with Crippen LogP contribution >= 0.6 is 0 Å². The summed E-state index contributed by atoms with van der Waals surface area (Å²) < 4.78 is 3.17. The topological polar surface area (TPSA) is 119 Å². The summed E-state index contributed by atoms with van der Waals surface area (Å²) in [7, 11) is 0. The third-order valence-electron chi connectivity index (χ3n) is 4.64. The third-order valence-corrected chi connectivity index (χ3v) is 4.64. The molecule has 11 nitrogen and oxygen atoms in total. The Kier molecular flexibility index (Phi) is 4.30. The summed E-state index contributed by atoms with van der Waals surface area (Å²) in [5, 5.41) is 24.9. The lowest BCUT2D eigenvalue weighted by Crippen LogP contribution is -2.01. The molecule has 0 unspecified atom stereocenters. The number of benzene rings is 1. The Hall–Kier alpha value is -4.72. The van der Waals surface area contributed by atoms with Gasteiger partial charge < -0.3 is 0 Å². The number of nitrogens with one attached hydrogen (secondary N) is 1. The van der Waals surface area contributed by atoms with Gasteiger partial charge in [0.2, 0.25) is 5.65 Å². The Morgan fingerprint density at radius 2 is 1.77 bits per heavy atom. The number of azo groups is 1. The molecule has 0 atom stereocenters. The second-order valence-electron chi connectivity index (χ2n) is 6.66. The predicted molar refractivity (Wildman–Crippen MR) is 112 cm³/mol. The van der Waals surface area contributed by atoms with Crippen LogP contribution in [0.15, 0.2) is 59.0 Å². The van der Waals surface area contributed by atoms with Crippen molar-refractivity contribution in [3.05, 3.63) is 71.6 Å². The van der Waals surface area contributed by atoms with Crippen LogP contribution in [0.1, 0.15) is 11.4 Å². The van der Waals surface area contributed by atoms with Crippen LogP contribution in [-0.2, 0) is 0 Å². The van der Waals surface area contributed by atoms with E-state index in [9.17, 15) is 0 Å². The van der Waals surface area contributed by atoms with E-state index in [2.05, 4.69) is 45.4 Å². The molecule has 0 spiro atoms. The molecule has 31 heavy (non-hydrogen) atoms. The molecule has 0 saturated heterocycles. The smallest absolute Gasteiger partial charge is 0.255 e. The lowest BCUT2D eigenvalue weighted by Gasteiger charge is -2.00. The van der Waals surface area contributed by atoms with Crippen LogP contribution in [0.3, 0.4) is 0 Å². The number of aromatic amines is 1. The number of hydrogen-bond acceptors (Lipinski definition) is 7. The largest absolute Gasteiger partial charge is 0.293 e. The lowest BCUT2D eigenvalue weighted by molar-refractivity contribution is 0.793. The highest BCUT2D eigenvalue weighted by atomic mass is 15.4. The van der Waals surface area contributed by atoms with Crippen LogP contribution in [0, 0.1) is 20.4 Å². The van der Waals surface area contributed by atoms with E-state index in [0.29, 0.717) is 28.8 Å². The van der Waals surface area contributed by atoms with Crippen LogP contribution in [-0.4, -0.2) is 39.6 Å². The number of nitrogens with zero attached hydrogens (tertiary/aromatic N) is 10. The predicted octanol–water partition coefficient (Wildman–Crippen LogP) is 4.28. The van der Waals surface area contributed by atoms with Gasteiger partial charge in [-0.1, -0.05) is 30.3 Å². The zero-order valence-corrected chi connectivity index (χ0v) is 16.6. The molecule has 150 valence electrons. The molecule has 4 heterocycles. The molecule has 0 radical (unpaired) electrons. The van der Waals surface area contributed by atoms with Crippen molar-refractivity contribution in [1.82, 2.24) is 39.6 Å². The first-order chi connectivity index (χ1) is 15.2. The number of H-pyrrole nitrogens is 1. The van der Waals surface area contributed by atoms with Gasteiger partial charge in [0.15, 0.2) is 17.3 Å². The maximum absolute atomic E-state index is 7.52. The summed E-state index contributed by atoms with van der Waals surface area (Å²) in [5.74, 6) is 1.22. The molecule has 0 aliphatic rings. The van der Waals surface area contributed by atoms with E-state index < -0.39 is 0 Å². The van der Waals surface area contributed by atoms with Crippen LogP contribution in [0.5, 0.6) is 0 Å². The van der Waals surface area contributed by atoms with Gasteiger partial charge in [0.05, 0.1) is 18.0 Å². The minimum atomic E-state index is 0.250. The van der Waals surface area contributed by atoms with E-state index >= 15 is 0 Å². The van der Waals surface area contributed by atoms with Crippen molar-refractivity contribution in [2.75, 3.05) is 0 Å². The van der Waals surface area contributed by atoms with Crippen LogP contribution < -0.4 is 0 Å². The van der Waals surface area contributed by atoms with Gasteiger partial charge in [-0.3, -0.25) is 5.10 Å². The maximum atomic E-state index is 7.52. The summed E-state index contributed by atoms with van der Waals surface area (Å²) in [6, 6.07) is 11.4. The van der Waals surface area contributed by atoms with E-state index in [-0.39, 0.29) is 11.5 Å². The van der Waals surface area contributed by atoms with Gasteiger partial charge in [0, 0.05) is 18.0 Å². The normalized spacial score (nSPS) is 11.4. The van der Waals surface area contributed by atoms with Gasteiger partial charge in [0.25, 0.3) is 11.6 Å². The Morgan fingerprint density at radius 1 is 1.00 bits per heavy atom. The average Bonchev–Trinajstić information content (AvgIpc) is 3.44. The van der Waals surface area contributed by atoms with E-state index in [1.807, 2.05) is 37.3 Å². The van der Waals surface area contributed by atoms with Crippen molar-refractivity contribution < 1.29 is 0 Å². The summed E-state index contributed by atoms with van der Waals surface area (Å²) >= 11 is 0. The molecular formula is C20H15N11. The number of fused-ring (bicyclic) bond motifs is 1. The van der Waals surface area contributed by atoms with Gasteiger partial charge in [-0.2, -0.15) is 9.78 Å². The van der Waals surface area contributed by atoms with E-state index in [4.69, 9.17) is 6.57 Å². The van der Waals surface area contributed by atoms with Gasteiger partial charge in [-0.05, 0) is 19.9 Å². The second kappa shape index (κ2) is 7.27. The summed E-state index contributed by atoms with van der Waals surface area (Å²) in [6.07, 6.45) is 3.19. The van der Waals surface area contributed by atoms with Crippen LogP contribution in [0.4, 0.5) is 17.2 Å².